The first kappa shape index (κ1) is 25.2. The van der Waals surface area contributed by atoms with Gasteiger partial charge in [-0.2, -0.15) is 0 Å². The number of nitrogens with one attached hydrogen (secondary N) is 2. The summed E-state index contributed by atoms with van der Waals surface area (Å²) in [6.45, 7) is 2.70. The quantitative estimate of drug-likeness (QED) is 0.282. The van der Waals surface area contributed by atoms with E-state index in [1.807, 2.05) is 47.4 Å². The topological polar surface area (TPSA) is 118 Å². The Morgan fingerprint density at radius 1 is 1.09 bits per heavy atom. The van der Waals surface area contributed by atoms with E-state index in [-0.39, 0.29) is 24.2 Å². The van der Waals surface area contributed by atoms with Crippen LogP contribution in [0.1, 0.15) is 48.0 Å². The molecule has 1 aliphatic rings. The van der Waals surface area contributed by atoms with E-state index in [0.717, 1.165) is 49.0 Å². The fourth-order valence-electron chi connectivity index (χ4n) is 4.04. The molecule has 0 saturated carbocycles. The van der Waals surface area contributed by atoms with Crippen molar-refractivity contribution in [3.63, 3.8) is 0 Å². The Morgan fingerprint density at radius 3 is 2.62 bits per heavy atom. The molecular weight excluding hydrogens is 432 g/mol. The molecule has 182 valence electrons. The molecule has 3 rings (SSSR count). The number of methoxy groups -OCH3 is 1. The first-order valence-electron chi connectivity index (χ1n) is 11.8. The van der Waals surface area contributed by atoms with Crippen LogP contribution in [0.4, 0.5) is 0 Å². The van der Waals surface area contributed by atoms with E-state index >= 15 is 0 Å². The molecule has 1 heterocycles. The third kappa shape index (κ3) is 7.31. The van der Waals surface area contributed by atoms with Crippen molar-refractivity contribution in [1.82, 2.24) is 10.2 Å². The predicted octanol–water partition coefficient (Wildman–Crippen LogP) is 3.34. The molecule has 0 spiro atoms. The Balaban J connectivity index is 1.81. The number of aryl methyl sites for hydroxylation is 1. The number of amides is 2. The van der Waals surface area contributed by atoms with Crippen molar-refractivity contribution in [3.8, 4) is 16.9 Å². The lowest BCUT2D eigenvalue weighted by atomic mass is 9.98. The zero-order chi connectivity index (χ0) is 24.3. The van der Waals surface area contributed by atoms with E-state index in [9.17, 15) is 9.59 Å². The maximum Gasteiger partial charge on any atom is 0.253 e. The van der Waals surface area contributed by atoms with Gasteiger partial charge in [-0.1, -0.05) is 24.3 Å². The summed E-state index contributed by atoms with van der Waals surface area (Å²) in [6.07, 6.45) is 4.72. The summed E-state index contributed by atoms with van der Waals surface area (Å²) in [5.41, 5.74) is 8.64. The molecular formula is C26H34N4O4. The molecule has 2 aromatic rings. The maximum absolute atomic E-state index is 13.0. The predicted molar refractivity (Wildman–Crippen MR) is 132 cm³/mol. The van der Waals surface area contributed by atoms with Crippen LogP contribution in [-0.2, 0) is 16.0 Å². The minimum absolute atomic E-state index is 0.0669. The van der Waals surface area contributed by atoms with Crippen LogP contribution in [0.5, 0.6) is 5.75 Å². The summed E-state index contributed by atoms with van der Waals surface area (Å²) in [4.78, 5) is 26.8. The van der Waals surface area contributed by atoms with Gasteiger partial charge < -0.3 is 20.1 Å². The van der Waals surface area contributed by atoms with Crippen molar-refractivity contribution < 1.29 is 19.1 Å². The molecule has 8 heteroatoms. The monoisotopic (exact) mass is 466 g/mol. The molecule has 4 N–H and O–H groups in total. The van der Waals surface area contributed by atoms with Gasteiger partial charge in [-0.15, -0.1) is 0 Å². The van der Waals surface area contributed by atoms with Crippen molar-refractivity contribution in [3.05, 3.63) is 53.6 Å². The van der Waals surface area contributed by atoms with Gasteiger partial charge in [-0.25, -0.2) is 0 Å². The summed E-state index contributed by atoms with van der Waals surface area (Å²) >= 11 is 0. The van der Waals surface area contributed by atoms with Crippen LogP contribution in [0.3, 0.4) is 0 Å². The smallest absolute Gasteiger partial charge is 0.253 e. The van der Waals surface area contributed by atoms with Crippen LogP contribution in [0.15, 0.2) is 42.5 Å². The Kier molecular flexibility index (Phi) is 9.46. The number of nitrogens with two attached hydrogens (primary N) is 1. The fourth-order valence-corrected chi connectivity index (χ4v) is 4.04. The lowest BCUT2D eigenvalue weighted by Crippen LogP contribution is -2.35. The van der Waals surface area contributed by atoms with E-state index in [0.29, 0.717) is 30.9 Å². The van der Waals surface area contributed by atoms with E-state index in [2.05, 4.69) is 5.32 Å². The molecule has 1 aliphatic heterocycles. The first-order valence-corrected chi connectivity index (χ1v) is 11.8. The Labute approximate surface area is 200 Å². The van der Waals surface area contributed by atoms with Gasteiger partial charge in [-0.3, -0.25) is 20.3 Å². The second-order valence-corrected chi connectivity index (χ2v) is 8.42. The SMILES string of the molecule is COCCCOc1cc(CCC(=O)NC(=N)N)ccc1-c1cccc(C(=O)N2CCCCC2)c1. The van der Waals surface area contributed by atoms with E-state index in [4.69, 9.17) is 20.6 Å². The number of carbonyl (C=O) groups excluding carboxylic acids is 2. The van der Waals surface area contributed by atoms with Crippen LogP contribution >= 0.6 is 0 Å². The molecule has 0 atom stereocenters. The minimum Gasteiger partial charge on any atom is -0.493 e. The molecule has 1 saturated heterocycles. The molecule has 0 aromatic heterocycles. The number of guanidine groups is 1. The number of rotatable bonds is 10. The summed E-state index contributed by atoms with van der Waals surface area (Å²) in [5.74, 6) is 0.102. The fraction of sp³-hybridized carbons (Fsp3) is 0.423. The lowest BCUT2D eigenvalue weighted by Gasteiger charge is -2.27. The first-order chi connectivity index (χ1) is 16.5. The van der Waals surface area contributed by atoms with Gasteiger partial charge in [0.25, 0.3) is 5.91 Å². The van der Waals surface area contributed by atoms with Crippen LogP contribution in [-0.4, -0.2) is 56.1 Å². The van der Waals surface area contributed by atoms with Gasteiger partial charge in [0.2, 0.25) is 5.91 Å². The average Bonchev–Trinajstić information content (AvgIpc) is 2.85. The highest BCUT2D eigenvalue weighted by atomic mass is 16.5. The number of hydrogen-bond donors (Lipinski definition) is 3. The summed E-state index contributed by atoms with van der Waals surface area (Å²) in [7, 11) is 1.66. The number of carbonyl (C=O) groups is 2. The van der Waals surface area contributed by atoms with Crippen molar-refractivity contribution in [2.24, 2.45) is 5.73 Å². The van der Waals surface area contributed by atoms with Crippen molar-refractivity contribution >= 4 is 17.8 Å². The molecule has 8 nitrogen and oxygen atoms in total. The van der Waals surface area contributed by atoms with Crippen molar-refractivity contribution in [1.29, 1.82) is 5.41 Å². The van der Waals surface area contributed by atoms with E-state index in [1.165, 1.54) is 6.42 Å². The second kappa shape index (κ2) is 12.7. The minimum atomic E-state index is -0.360. The molecule has 0 radical (unpaired) electrons. The normalized spacial score (nSPS) is 13.4. The van der Waals surface area contributed by atoms with Gasteiger partial charge in [0.05, 0.1) is 6.61 Å². The Bertz CT molecular complexity index is 1000. The van der Waals surface area contributed by atoms with Crippen LogP contribution in [0, 0.1) is 5.41 Å². The number of benzene rings is 2. The van der Waals surface area contributed by atoms with Crippen LogP contribution < -0.4 is 15.8 Å². The molecule has 0 aliphatic carbocycles. The number of hydrogen-bond acceptors (Lipinski definition) is 5. The number of likely N-dealkylation sites (tertiary alicyclic amines) is 1. The summed E-state index contributed by atoms with van der Waals surface area (Å²) in [6, 6.07) is 13.5. The average molecular weight is 467 g/mol. The third-order valence-corrected chi connectivity index (χ3v) is 5.78. The number of nitrogens with zero attached hydrogens (tertiary/aromatic N) is 1. The van der Waals surface area contributed by atoms with Gasteiger partial charge >= 0.3 is 0 Å². The highest BCUT2D eigenvalue weighted by molar-refractivity contribution is 5.96. The Morgan fingerprint density at radius 2 is 1.88 bits per heavy atom. The number of ether oxygens (including phenoxy) is 2. The van der Waals surface area contributed by atoms with Crippen molar-refractivity contribution in [2.75, 3.05) is 33.4 Å². The molecule has 0 unspecified atom stereocenters. The highest BCUT2D eigenvalue weighted by Gasteiger charge is 2.19. The summed E-state index contributed by atoms with van der Waals surface area (Å²) < 4.78 is 11.2. The highest BCUT2D eigenvalue weighted by Crippen LogP contribution is 2.32. The molecule has 1 fully saturated rings. The molecule has 34 heavy (non-hydrogen) atoms. The molecule has 2 aromatic carbocycles. The maximum atomic E-state index is 13.0. The van der Waals surface area contributed by atoms with Gasteiger partial charge in [-0.05, 0) is 55.0 Å². The molecule has 2 amide bonds. The van der Waals surface area contributed by atoms with E-state index < -0.39 is 0 Å². The Hall–Kier alpha value is -3.39. The second-order valence-electron chi connectivity index (χ2n) is 8.42. The van der Waals surface area contributed by atoms with E-state index in [1.54, 1.807) is 7.11 Å². The standard InChI is InChI=1S/C26H34N4O4/c1-33-15-6-16-34-23-17-19(10-12-24(31)29-26(27)28)9-11-22(23)20-7-5-8-21(18-20)25(32)30-13-3-2-4-14-30/h5,7-9,11,17-18H,2-4,6,10,12-16H2,1H3,(H4,27,28,29,31). The zero-order valence-electron chi connectivity index (χ0n) is 19.8. The van der Waals surface area contributed by atoms with Crippen LogP contribution in [0.25, 0.3) is 11.1 Å². The lowest BCUT2D eigenvalue weighted by molar-refractivity contribution is -0.119. The largest absolute Gasteiger partial charge is 0.493 e. The van der Waals surface area contributed by atoms with Gasteiger partial charge in [0.15, 0.2) is 5.96 Å². The van der Waals surface area contributed by atoms with Crippen LogP contribution in [0.2, 0.25) is 0 Å². The third-order valence-electron chi connectivity index (χ3n) is 5.78. The van der Waals surface area contributed by atoms with Crippen molar-refractivity contribution in [2.45, 2.75) is 38.5 Å². The van der Waals surface area contributed by atoms with Gasteiger partial charge in [0.1, 0.15) is 5.75 Å². The van der Waals surface area contributed by atoms with Gasteiger partial charge in [0, 0.05) is 50.8 Å². The zero-order valence-corrected chi connectivity index (χ0v) is 19.8. The number of piperidine rings is 1. The summed E-state index contributed by atoms with van der Waals surface area (Å²) in [5, 5.41) is 9.47. The molecule has 0 bridgehead atoms.